The molecule has 0 radical (unpaired) electrons. The summed E-state index contributed by atoms with van der Waals surface area (Å²) in [4.78, 5) is 17.4. The molecule has 1 aliphatic rings. The quantitative estimate of drug-likeness (QED) is 0.203. The molecule has 2 N–H and O–H groups in total. The number of hydrogen-bond donors (Lipinski definition) is 1. The van der Waals surface area contributed by atoms with Gasteiger partial charge in [0, 0.05) is 19.4 Å². The van der Waals surface area contributed by atoms with Gasteiger partial charge in [0.25, 0.3) is 0 Å². The number of alkyl halides is 6. The van der Waals surface area contributed by atoms with Crippen LogP contribution in [0, 0.1) is 5.92 Å². The van der Waals surface area contributed by atoms with Crippen molar-refractivity contribution in [1.82, 2.24) is 19.8 Å². The van der Waals surface area contributed by atoms with Crippen molar-refractivity contribution < 1.29 is 40.6 Å². The summed E-state index contributed by atoms with van der Waals surface area (Å²) >= 11 is 0. The lowest BCUT2D eigenvalue weighted by molar-refractivity contribution is -0.275. The zero-order valence-corrected chi connectivity index (χ0v) is 19.3. The summed E-state index contributed by atoms with van der Waals surface area (Å²) in [7, 11) is 1.54. The SMILES string of the molecule is Cn1ncnc1CC(c1cccc(OC(F)(F)F)c1)(c1cccc(OC(F)(F)F)c1)N(N)C(=O)C1CC1. The summed E-state index contributed by atoms with van der Waals surface area (Å²) in [5.41, 5.74) is -1.74. The van der Waals surface area contributed by atoms with Crippen LogP contribution in [0.1, 0.15) is 29.8 Å². The van der Waals surface area contributed by atoms with Gasteiger partial charge >= 0.3 is 12.7 Å². The largest absolute Gasteiger partial charge is 0.573 e. The summed E-state index contributed by atoms with van der Waals surface area (Å²) in [6, 6.07) is 9.48. The fourth-order valence-corrected chi connectivity index (χ4v) is 4.06. The third-order valence-electron chi connectivity index (χ3n) is 5.88. The van der Waals surface area contributed by atoms with Gasteiger partial charge in [0.05, 0.1) is 0 Å². The lowest BCUT2D eigenvalue weighted by atomic mass is 9.78. The predicted octanol–water partition coefficient (Wildman–Crippen LogP) is 4.21. The molecule has 1 heterocycles. The molecule has 14 heteroatoms. The van der Waals surface area contributed by atoms with E-state index in [1.807, 2.05) is 0 Å². The summed E-state index contributed by atoms with van der Waals surface area (Å²) in [6.07, 6.45) is -7.98. The van der Waals surface area contributed by atoms with Gasteiger partial charge in [-0.25, -0.2) is 10.8 Å². The van der Waals surface area contributed by atoms with Crippen molar-refractivity contribution in [1.29, 1.82) is 0 Å². The number of nitrogens with zero attached hydrogens (tertiary/aromatic N) is 4. The Labute approximate surface area is 206 Å². The van der Waals surface area contributed by atoms with E-state index < -0.39 is 41.6 Å². The number of rotatable bonds is 8. The van der Waals surface area contributed by atoms with Gasteiger partial charge in [-0.15, -0.1) is 26.3 Å². The van der Waals surface area contributed by atoms with Crippen LogP contribution in [0.25, 0.3) is 0 Å². The van der Waals surface area contributed by atoms with Gasteiger partial charge in [0.1, 0.15) is 29.2 Å². The van der Waals surface area contributed by atoms with Crippen LogP contribution in [0.2, 0.25) is 0 Å². The Bertz CT molecular complexity index is 1210. The average molecular weight is 529 g/mol. The topological polar surface area (TPSA) is 95.5 Å². The minimum atomic E-state index is -5.02. The number of aryl methyl sites for hydroxylation is 1. The van der Waals surface area contributed by atoms with Crippen molar-refractivity contribution in [3.63, 3.8) is 0 Å². The number of carbonyl (C=O) groups excluding carboxylic acids is 1. The Morgan fingerprint density at radius 3 is 1.92 bits per heavy atom. The molecule has 1 fully saturated rings. The van der Waals surface area contributed by atoms with Crippen LogP contribution in [0.5, 0.6) is 11.5 Å². The molecule has 0 aliphatic heterocycles. The Kier molecular flexibility index (Phi) is 6.79. The Hall–Kier alpha value is -3.81. The number of hydrazine groups is 1. The molecule has 0 atom stereocenters. The number of halogens is 6. The second-order valence-electron chi connectivity index (χ2n) is 8.47. The highest BCUT2D eigenvalue weighted by molar-refractivity contribution is 5.82. The molecule has 1 saturated carbocycles. The smallest absolute Gasteiger partial charge is 0.406 e. The minimum absolute atomic E-state index is 0.0397. The molecule has 3 aromatic rings. The minimum Gasteiger partial charge on any atom is -0.406 e. The van der Waals surface area contributed by atoms with Crippen molar-refractivity contribution in [2.45, 2.75) is 37.5 Å². The van der Waals surface area contributed by atoms with Gasteiger partial charge in [-0.3, -0.25) is 14.5 Å². The van der Waals surface area contributed by atoms with Gasteiger partial charge in [-0.2, -0.15) is 5.10 Å². The van der Waals surface area contributed by atoms with Crippen LogP contribution in [0.4, 0.5) is 26.3 Å². The molecule has 37 heavy (non-hydrogen) atoms. The molecule has 4 rings (SSSR count). The number of carbonyl (C=O) groups is 1. The molecule has 1 amide bonds. The first-order valence-corrected chi connectivity index (χ1v) is 10.9. The molecular weight excluding hydrogens is 508 g/mol. The van der Waals surface area contributed by atoms with E-state index >= 15 is 0 Å². The van der Waals surface area contributed by atoms with Crippen LogP contribution in [-0.2, 0) is 23.8 Å². The molecule has 0 bridgehead atoms. The van der Waals surface area contributed by atoms with Crippen molar-refractivity contribution in [3.05, 3.63) is 71.8 Å². The van der Waals surface area contributed by atoms with Gasteiger partial charge in [-0.05, 0) is 48.2 Å². The number of ether oxygens (including phenoxy) is 2. The molecule has 0 spiro atoms. The standard InChI is InChI=1S/C23H21F6N5O3/c1-33-19(31-13-32-33)12-21(34(30)20(35)14-8-9-14,15-4-2-6-17(10-15)36-22(24,25)26)16-5-3-7-18(11-16)37-23(27,28)29/h2-7,10-11,13-14H,8-9,12,30H2,1H3. The maximum absolute atomic E-state index is 13.3. The first kappa shape index (κ1) is 26.3. The average Bonchev–Trinajstić information content (AvgIpc) is 3.57. The van der Waals surface area contributed by atoms with Crippen molar-refractivity contribution in [3.8, 4) is 11.5 Å². The fourth-order valence-electron chi connectivity index (χ4n) is 4.06. The summed E-state index contributed by atoms with van der Waals surface area (Å²) < 4.78 is 87.5. The zero-order valence-electron chi connectivity index (χ0n) is 19.3. The molecule has 2 aromatic carbocycles. The van der Waals surface area contributed by atoms with Crippen LogP contribution < -0.4 is 15.3 Å². The van der Waals surface area contributed by atoms with Crippen molar-refractivity contribution in [2.75, 3.05) is 0 Å². The van der Waals surface area contributed by atoms with E-state index in [1.54, 1.807) is 7.05 Å². The van der Waals surface area contributed by atoms with Gasteiger partial charge in [0.15, 0.2) is 0 Å². The van der Waals surface area contributed by atoms with E-state index in [2.05, 4.69) is 19.6 Å². The molecule has 0 saturated heterocycles. The lowest BCUT2D eigenvalue weighted by Crippen LogP contribution is -2.56. The van der Waals surface area contributed by atoms with Crippen LogP contribution >= 0.6 is 0 Å². The third-order valence-corrected chi connectivity index (χ3v) is 5.88. The maximum atomic E-state index is 13.3. The highest BCUT2D eigenvalue weighted by Gasteiger charge is 2.47. The maximum Gasteiger partial charge on any atom is 0.573 e. The first-order valence-electron chi connectivity index (χ1n) is 10.9. The molecular formula is C23H21F6N5O3. The molecule has 0 unspecified atom stereocenters. The summed E-state index contributed by atoms with van der Waals surface area (Å²) in [6.45, 7) is 0. The van der Waals surface area contributed by atoms with Crippen LogP contribution in [0.15, 0.2) is 54.9 Å². The Morgan fingerprint density at radius 2 is 1.51 bits per heavy atom. The lowest BCUT2D eigenvalue weighted by Gasteiger charge is -2.42. The second kappa shape index (κ2) is 9.57. The number of nitrogens with two attached hydrogens (primary N) is 1. The van der Waals surface area contributed by atoms with E-state index in [4.69, 9.17) is 5.84 Å². The highest BCUT2D eigenvalue weighted by atomic mass is 19.4. The fraction of sp³-hybridized carbons (Fsp3) is 0.348. The van der Waals surface area contributed by atoms with E-state index in [9.17, 15) is 31.1 Å². The van der Waals surface area contributed by atoms with Crippen molar-refractivity contribution in [2.24, 2.45) is 18.8 Å². The monoisotopic (exact) mass is 529 g/mol. The molecule has 8 nitrogen and oxygen atoms in total. The van der Waals surface area contributed by atoms with E-state index in [0.717, 1.165) is 29.3 Å². The van der Waals surface area contributed by atoms with Gasteiger partial charge in [0.2, 0.25) is 5.91 Å². The van der Waals surface area contributed by atoms with Crippen molar-refractivity contribution >= 4 is 5.91 Å². The van der Waals surface area contributed by atoms with Crippen LogP contribution in [0.3, 0.4) is 0 Å². The molecule has 198 valence electrons. The zero-order chi connectivity index (χ0) is 27.0. The number of aromatic nitrogens is 3. The van der Waals surface area contributed by atoms with E-state index in [1.165, 1.54) is 35.3 Å². The number of benzene rings is 2. The number of hydrogen-bond acceptors (Lipinski definition) is 6. The van der Waals surface area contributed by atoms with E-state index in [0.29, 0.717) is 12.8 Å². The van der Waals surface area contributed by atoms with Crippen LogP contribution in [-0.4, -0.2) is 38.4 Å². The van der Waals surface area contributed by atoms with Gasteiger partial charge < -0.3 is 9.47 Å². The highest BCUT2D eigenvalue weighted by Crippen LogP contribution is 2.43. The third kappa shape index (κ3) is 5.96. The number of amides is 1. The normalized spacial score (nSPS) is 14.4. The molecule has 1 aliphatic carbocycles. The Balaban J connectivity index is 1.96. The van der Waals surface area contributed by atoms with Gasteiger partial charge in [-0.1, -0.05) is 24.3 Å². The summed E-state index contributed by atoms with van der Waals surface area (Å²) in [5.74, 6) is 4.49. The first-order chi connectivity index (χ1) is 17.3. The predicted molar refractivity (Wildman–Crippen MR) is 115 cm³/mol. The Morgan fingerprint density at radius 1 is 1.00 bits per heavy atom. The van der Waals surface area contributed by atoms with E-state index in [-0.39, 0.29) is 23.4 Å². The second-order valence-corrected chi connectivity index (χ2v) is 8.47. The molecule has 1 aromatic heterocycles. The summed E-state index contributed by atoms with van der Waals surface area (Å²) in [5, 5.41) is 4.83.